The van der Waals surface area contributed by atoms with Gasteiger partial charge in [0, 0.05) is 29.1 Å². The van der Waals surface area contributed by atoms with Crippen molar-refractivity contribution in [2.24, 2.45) is 0 Å². The Morgan fingerprint density at radius 2 is 2.27 bits per heavy atom. The first kappa shape index (κ1) is 10.4. The van der Waals surface area contributed by atoms with Gasteiger partial charge in [-0.1, -0.05) is 0 Å². The molecule has 1 aliphatic rings. The minimum absolute atomic E-state index is 0.0617. The van der Waals surface area contributed by atoms with Crippen molar-refractivity contribution in [2.45, 2.75) is 31.8 Å². The molecule has 0 N–H and O–H groups in total. The summed E-state index contributed by atoms with van der Waals surface area (Å²) < 4.78 is 2.67. The number of hydrogen-bond acceptors (Lipinski definition) is 1. The van der Waals surface area contributed by atoms with Gasteiger partial charge in [-0.05, 0) is 28.9 Å². The van der Waals surface area contributed by atoms with Crippen LogP contribution in [0.15, 0.2) is 21.5 Å². The summed E-state index contributed by atoms with van der Waals surface area (Å²) in [5, 5.41) is 0. The number of aromatic nitrogens is 1. The minimum Gasteiger partial charge on any atom is -0.314 e. The molecule has 0 saturated heterocycles. The van der Waals surface area contributed by atoms with Crippen LogP contribution in [0.1, 0.15) is 24.4 Å². The van der Waals surface area contributed by atoms with Crippen LogP contribution < -0.4 is 5.56 Å². The van der Waals surface area contributed by atoms with E-state index in [1.807, 2.05) is 19.2 Å². The van der Waals surface area contributed by atoms with Gasteiger partial charge >= 0.3 is 0 Å². The lowest BCUT2D eigenvalue weighted by atomic mass is 9.87. The maximum atomic E-state index is 11.8. The van der Waals surface area contributed by atoms with E-state index < -0.39 is 0 Å². The Bertz CT molecular complexity index is 480. The lowest BCUT2D eigenvalue weighted by Gasteiger charge is -2.29. The van der Waals surface area contributed by atoms with Crippen molar-refractivity contribution in [3.63, 3.8) is 0 Å². The second-order valence-electron chi connectivity index (χ2n) is 3.96. The molecule has 1 aliphatic carbocycles. The molecule has 0 bridgehead atoms. The monoisotopic (exact) mass is 266 g/mol. The average Bonchev–Trinajstić information content (AvgIpc) is 2.11. The lowest BCUT2D eigenvalue weighted by Crippen LogP contribution is -2.35. The molecule has 0 amide bonds. The zero-order valence-corrected chi connectivity index (χ0v) is 9.99. The smallest absolute Gasteiger partial charge is 0.253 e. The zero-order valence-electron chi connectivity index (χ0n) is 8.40. The van der Waals surface area contributed by atoms with E-state index >= 15 is 0 Å². The number of nitrogens with zero attached hydrogens (tertiary/aromatic N) is 2. The van der Waals surface area contributed by atoms with Crippen LogP contribution in [-0.4, -0.2) is 10.6 Å². The summed E-state index contributed by atoms with van der Waals surface area (Å²) in [6.45, 7) is 8.69. The molecule has 1 fully saturated rings. The molecule has 0 aromatic carbocycles. The van der Waals surface area contributed by atoms with E-state index in [0.29, 0.717) is 0 Å². The van der Waals surface area contributed by atoms with Crippen LogP contribution in [0.2, 0.25) is 0 Å². The molecule has 1 heterocycles. The molecule has 0 radical (unpaired) electrons. The van der Waals surface area contributed by atoms with Gasteiger partial charge in [0.2, 0.25) is 6.04 Å². The van der Waals surface area contributed by atoms with Gasteiger partial charge in [-0.25, -0.2) is 6.57 Å². The van der Waals surface area contributed by atoms with E-state index in [1.54, 1.807) is 4.57 Å². The Kier molecular flexibility index (Phi) is 2.66. The Morgan fingerprint density at radius 1 is 1.60 bits per heavy atom. The van der Waals surface area contributed by atoms with Gasteiger partial charge in [0.15, 0.2) is 0 Å². The summed E-state index contributed by atoms with van der Waals surface area (Å²) in [6.07, 6.45) is 3.43. The number of hydrogen-bond donors (Lipinski definition) is 0. The first-order valence-electron chi connectivity index (χ1n) is 4.86. The van der Waals surface area contributed by atoms with E-state index in [4.69, 9.17) is 6.57 Å². The van der Waals surface area contributed by atoms with Crippen LogP contribution in [0, 0.1) is 13.5 Å². The quantitative estimate of drug-likeness (QED) is 0.718. The molecule has 2 rings (SSSR count). The number of halogens is 1. The van der Waals surface area contributed by atoms with E-state index in [-0.39, 0.29) is 17.6 Å². The summed E-state index contributed by atoms with van der Waals surface area (Å²) >= 11 is 3.38. The maximum absolute atomic E-state index is 11.8. The van der Waals surface area contributed by atoms with Gasteiger partial charge in [-0.15, -0.1) is 0 Å². The number of aryl methyl sites for hydroxylation is 1. The molecule has 1 aromatic heterocycles. The van der Waals surface area contributed by atoms with Crippen molar-refractivity contribution in [1.29, 1.82) is 0 Å². The number of pyridine rings is 1. The Hall–Kier alpha value is -1.08. The summed E-state index contributed by atoms with van der Waals surface area (Å²) in [6, 6.07) is 2.15. The van der Waals surface area contributed by atoms with Crippen LogP contribution in [0.25, 0.3) is 4.85 Å². The van der Waals surface area contributed by atoms with Crippen molar-refractivity contribution in [1.82, 2.24) is 4.57 Å². The third-order valence-electron chi connectivity index (χ3n) is 2.85. The minimum atomic E-state index is 0.0617. The Morgan fingerprint density at radius 3 is 2.87 bits per heavy atom. The van der Waals surface area contributed by atoms with Gasteiger partial charge in [-0.3, -0.25) is 4.79 Å². The summed E-state index contributed by atoms with van der Waals surface area (Å²) in [7, 11) is 0. The standard InChI is InChI=1S/C11H11BrN2O/c1-7-3-8(12)6-14(11(7)15)10-4-9(5-10)13-2/h3,6,9-10H,4-5H2,1H3. The summed E-state index contributed by atoms with van der Waals surface area (Å²) in [4.78, 5) is 15.3. The van der Waals surface area contributed by atoms with Crippen molar-refractivity contribution in [3.05, 3.63) is 44.1 Å². The van der Waals surface area contributed by atoms with Gasteiger partial charge in [0.05, 0.1) is 6.04 Å². The van der Waals surface area contributed by atoms with Gasteiger partial charge in [0.1, 0.15) is 0 Å². The van der Waals surface area contributed by atoms with E-state index in [9.17, 15) is 4.79 Å². The highest BCUT2D eigenvalue weighted by atomic mass is 79.9. The second kappa shape index (κ2) is 3.82. The molecule has 3 nitrogen and oxygen atoms in total. The second-order valence-corrected chi connectivity index (χ2v) is 4.88. The molecule has 4 heteroatoms. The third-order valence-corrected chi connectivity index (χ3v) is 3.29. The molecular weight excluding hydrogens is 256 g/mol. The predicted molar refractivity (Wildman–Crippen MR) is 61.8 cm³/mol. The van der Waals surface area contributed by atoms with Gasteiger partial charge in [-0.2, -0.15) is 0 Å². The first-order valence-corrected chi connectivity index (χ1v) is 5.66. The summed E-state index contributed by atoms with van der Waals surface area (Å²) in [5.41, 5.74) is 0.808. The zero-order chi connectivity index (χ0) is 11.0. The van der Waals surface area contributed by atoms with Crippen molar-refractivity contribution < 1.29 is 0 Å². The average molecular weight is 267 g/mol. The third kappa shape index (κ3) is 1.84. The van der Waals surface area contributed by atoms with Crippen LogP contribution in [0.3, 0.4) is 0 Å². The number of rotatable bonds is 1. The molecular formula is C11H11BrN2O. The van der Waals surface area contributed by atoms with Gasteiger partial charge in [0.25, 0.3) is 5.56 Å². The molecule has 78 valence electrons. The molecule has 1 saturated carbocycles. The fourth-order valence-corrected chi connectivity index (χ4v) is 2.43. The fourth-order valence-electron chi connectivity index (χ4n) is 1.86. The molecule has 0 unspecified atom stereocenters. The van der Waals surface area contributed by atoms with E-state index in [2.05, 4.69) is 20.8 Å². The van der Waals surface area contributed by atoms with Crippen LogP contribution >= 0.6 is 15.9 Å². The van der Waals surface area contributed by atoms with Crippen LogP contribution in [0.4, 0.5) is 0 Å². The highest BCUT2D eigenvalue weighted by molar-refractivity contribution is 9.10. The Labute approximate surface area is 96.7 Å². The highest BCUT2D eigenvalue weighted by Crippen LogP contribution is 2.34. The largest absolute Gasteiger partial charge is 0.314 e. The van der Waals surface area contributed by atoms with E-state index in [0.717, 1.165) is 22.9 Å². The molecule has 1 aromatic rings. The van der Waals surface area contributed by atoms with Crippen molar-refractivity contribution in [2.75, 3.05) is 0 Å². The van der Waals surface area contributed by atoms with Gasteiger partial charge < -0.3 is 9.41 Å². The van der Waals surface area contributed by atoms with E-state index in [1.165, 1.54) is 0 Å². The fraction of sp³-hybridized carbons (Fsp3) is 0.455. The first-order chi connectivity index (χ1) is 7.11. The predicted octanol–water partition coefficient (Wildman–Crippen LogP) is 2.54. The van der Waals surface area contributed by atoms with Crippen molar-refractivity contribution >= 4 is 15.9 Å². The molecule has 0 aliphatic heterocycles. The Balaban J connectivity index is 2.31. The molecule has 0 atom stereocenters. The maximum Gasteiger partial charge on any atom is 0.253 e. The normalized spacial score (nSPS) is 24.3. The SMILES string of the molecule is [C-]#[N+]C1CC(n2cc(Br)cc(C)c2=O)C1. The lowest BCUT2D eigenvalue weighted by molar-refractivity contribution is 0.288. The topological polar surface area (TPSA) is 26.4 Å². The van der Waals surface area contributed by atoms with Crippen LogP contribution in [-0.2, 0) is 0 Å². The van der Waals surface area contributed by atoms with Crippen LogP contribution in [0.5, 0.6) is 0 Å². The summed E-state index contributed by atoms with van der Waals surface area (Å²) in [5.74, 6) is 0. The van der Waals surface area contributed by atoms with Crippen molar-refractivity contribution in [3.8, 4) is 0 Å². The molecule has 0 spiro atoms. The highest BCUT2D eigenvalue weighted by Gasteiger charge is 2.35. The molecule has 15 heavy (non-hydrogen) atoms.